The Morgan fingerprint density at radius 3 is 1.23 bits per heavy atom. The molecule has 61 heavy (non-hydrogen) atoms. The van der Waals surface area contributed by atoms with Crippen LogP contribution in [0.2, 0.25) is 0 Å². The fourth-order valence-electron chi connectivity index (χ4n) is 9.40. The molecular formula is C58H38N2S. The lowest BCUT2D eigenvalue weighted by Gasteiger charge is -2.16. The maximum Gasteiger partial charge on any atom is 0.0620 e. The molecule has 9 aromatic carbocycles. The van der Waals surface area contributed by atoms with Gasteiger partial charge in [-0.1, -0.05) is 188 Å². The Hall–Kier alpha value is -7.72. The van der Waals surface area contributed by atoms with Gasteiger partial charge in [0.15, 0.2) is 0 Å². The van der Waals surface area contributed by atoms with Gasteiger partial charge in [-0.25, -0.2) is 0 Å². The fraction of sp³-hybridized carbons (Fsp3) is 0. The highest BCUT2D eigenvalue weighted by Crippen LogP contribution is 2.51. The number of aromatic nitrogens is 2. The van der Waals surface area contributed by atoms with E-state index in [4.69, 9.17) is 0 Å². The van der Waals surface area contributed by atoms with Gasteiger partial charge in [0.25, 0.3) is 0 Å². The summed E-state index contributed by atoms with van der Waals surface area (Å²) in [5.41, 5.74) is 16.5. The first-order chi connectivity index (χ1) is 30.3. The average molecular weight is 795 g/mol. The van der Waals surface area contributed by atoms with Gasteiger partial charge in [-0.15, -0.1) is 11.3 Å². The van der Waals surface area contributed by atoms with E-state index in [2.05, 4.69) is 240 Å². The van der Waals surface area contributed by atoms with Crippen molar-refractivity contribution in [2.24, 2.45) is 0 Å². The molecule has 0 aliphatic carbocycles. The lowest BCUT2D eigenvalue weighted by atomic mass is 9.92. The molecule has 0 aliphatic heterocycles. The molecule has 12 aromatic rings. The van der Waals surface area contributed by atoms with Crippen LogP contribution in [0.25, 0.3) is 109 Å². The summed E-state index contributed by atoms with van der Waals surface area (Å²) in [5.74, 6) is 0. The molecule has 0 atom stereocenters. The number of hydrogen-bond acceptors (Lipinski definition) is 1. The molecule has 0 saturated heterocycles. The Morgan fingerprint density at radius 1 is 0.262 bits per heavy atom. The van der Waals surface area contributed by atoms with E-state index in [1.807, 2.05) is 11.3 Å². The maximum atomic E-state index is 2.52. The zero-order valence-corrected chi connectivity index (χ0v) is 34.1. The van der Waals surface area contributed by atoms with Crippen LogP contribution in [0.15, 0.2) is 231 Å². The summed E-state index contributed by atoms with van der Waals surface area (Å²) < 4.78 is 7.56. The maximum absolute atomic E-state index is 2.52. The summed E-state index contributed by atoms with van der Waals surface area (Å²) in [6.07, 6.45) is 0. The number of fused-ring (bicyclic) bond motifs is 5. The van der Waals surface area contributed by atoms with Crippen LogP contribution >= 0.6 is 11.3 Å². The first-order valence-electron chi connectivity index (χ1n) is 20.8. The minimum absolute atomic E-state index is 1.13. The molecule has 0 unspecified atom stereocenters. The van der Waals surface area contributed by atoms with Crippen molar-refractivity contribution in [2.45, 2.75) is 0 Å². The molecule has 0 aliphatic rings. The summed E-state index contributed by atoms with van der Waals surface area (Å²) in [6, 6.07) is 84.2. The lowest BCUT2D eigenvalue weighted by molar-refractivity contribution is 1.13. The molecule has 0 amide bonds. The van der Waals surface area contributed by atoms with Crippen molar-refractivity contribution in [1.29, 1.82) is 0 Å². The smallest absolute Gasteiger partial charge is 0.0620 e. The SMILES string of the molecule is c1ccc(-c2ccc(-c3ccc(-c4c(-c5c(-c6ccccc6)n(-c6ccccc6)c6ccccc56)c5ccccc5n4-c4ccc5c(c4)sc4ccccc45)cc3)cc2)cc1. The van der Waals surface area contributed by atoms with E-state index in [-0.39, 0.29) is 0 Å². The first-order valence-corrected chi connectivity index (χ1v) is 21.7. The van der Waals surface area contributed by atoms with Crippen molar-refractivity contribution in [2.75, 3.05) is 0 Å². The predicted molar refractivity (Wildman–Crippen MR) is 260 cm³/mol. The van der Waals surface area contributed by atoms with Crippen LogP contribution in [0.3, 0.4) is 0 Å². The molecule has 3 heterocycles. The highest BCUT2D eigenvalue weighted by Gasteiger charge is 2.29. The number of rotatable bonds is 7. The summed E-state index contributed by atoms with van der Waals surface area (Å²) in [6.45, 7) is 0. The summed E-state index contributed by atoms with van der Waals surface area (Å²) in [4.78, 5) is 0. The molecule has 0 saturated carbocycles. The number of benzene rings is 9. The van der Waals surface area contributed by atoms with Crippen LogP contribution in [0.4, 0.5) is 0 Å². The third-order valence-electron chi connectivity index (χ3n) is 12.2. The molecule has 0 N–H and O–H groups in total. The van der Waals surface area contributed by atoms with E-state index in [0.29, 0.717) is 0 Å². The first kappa shape index (κ1) is 35.2. The van der Waals surface area contributed by atoms with Crippen molar-refractivity contribution in [3.05, 3.63) is 231 Å². The highest BCUT2D eigenvalue weighted by molar-refractivity contribution is 7.25. The molecule has 3 heteroatoms. The Balaban J connectivity index is 1.15. The van der Waals surface area contributed by atoms with Crippen molar-refractivity contribution >= 4 is 53.3 Å². The average Bonchev–Trinajstić information content (AvgIpc) is 4.00. The van der Waals surface area contributed by atoms with Gasteiger partial charge in [-0.2, -0.15) is 0 Å². The van der Waals surface area contributed by atoms with Gasteiger partial charge in [0, 0.05) is 53.4 Å². The third-order valence-corrected chi connectivity index (χ3v) is 13.3. The number of nitrogens with zero attached hydrogens (tertiary/aromatic N) is 2. The second-order valence-electron chi connectivity index (χ2n) is 15.7. The summed E-state index contributed by atoms with van der Waals surface area (Å²) in [5, 5.41) is 5.02. The topological polar surface area (TPSA) is 9.86 Å². The van der Waals surface area contributed by atoms with E-state index in [0.717, 1.165) is 16.9 Å². The van der Waals surface area contributed by atoms with Crippen LogP contribution in [-0.4, -0.2) is 9.13 Å². The highest BCUT2D eigenvalue weighted by atomic mass is 32.1. The summed E-state index contributed by atoms with van der Waals surface area (Å²) in [7, 11) is 0. The Labute approximate surface area is 358 Å². The Morgan fingerprint density at radius 2 is 0.656 bits per heavy atom. The van der Waals surface area contributed by atoms with Crippen molar-refractivity contribution in [1.82, 2.24) is 9.13 Å². The third kappa shape index (κ3) is 5.85. The predicted octanol–water partition coefficient (Wildman–Crippen LogP) is 16.3. The van der Waals surface area contributed by atoms with Gasteiger partial charge in [-0.3, -0.25) is 0 Å². The quantitative estimate of drug-likeness (QED) is 0.152. The zero-order valence-electron chi connectivity index (χ0n) is 33.2. The Kier molecular flexibility index (Phi) is 8.39. The summed E-state index contributed by atoms with van der Waals surface area (Å²) >= 11 is 1.87. The van der Waals surface area contributed by atoms with Crippen LogP contribution in [0.1, 0.15) is 0 Å². The van der Waals surface area contributed by atoms with E-state index in [1.165, 1.54) is 92.3 Å². The fourth-order valence-corrected chi connectivity index (χ4v) is 10.5. The van der Waals surface area contributed by atoms with E-state index in [9.17, 15) is 0 Å². The van der Waals surface area contributed by atoms with E-state index in [1.54, 1.807) is 0 Å². The van der Waals surface area contributed by atoms with Crippen LogP contribution in [0.5, 0.6) is 0 Å². The monoisotopic (exact) mass is 794 g/mol. The van der Waals surface area contributed by atoms with Gasteiger partial charge in [-0.05, 0) is 75.8 Å². The largest absolute Gasteiger partial charge is 0.309 e. The molecular weight excluding hydrogens is 757 g/mol. The molecule has 0 spiro atoms. The van der Waals surface area contributed by atoms with Gasteiger partial charge in [0.2, 0.25) is 0 Å². The van der Waals surface area contributed by atoms with Gasteiger partial charge >= 0.3 is 0 Å². The van der Waals surface area contributed by atoms with E-state index >= 15 is 0 Å². The number of para-hydroxylation sites is 3. The van der Waals surface area contributed by atoms with Crippen LogP contribution in [-0.2, 0) is 0 Å². The van der Waals surface area contributed by atoms with Gasteiger partial charge in [0.05, 0.1) is 22.4 Å². The lowest BCUT2D eigenvalue weighted by Crippen LogP contribution is -1.99. The van der Waals surface area contributed by atoms with Crippen LogP contribution < -0.4 is 0 Å². The van der Waals surface area contributed by atoms with Crippen molar-refractivity contribution < 1.29 is 0 Å². The minimum atomic E-state index is 1.13. The normalized spacial score (nSPS) is 11.6. The van der Waals surface area contributed by atoms with Gasteiger partial charge in [0.1, 0.15) is 0 Å². The molecule has 0 fully saturated rings. The second kappa shape index (κ2) is 14.5. The molecule has 2 nitrogen and oxygen atoms in total. The zero-order chi connectivity index (χ0) is 40.3. The van der Waals surface area contributed by atoms with E-state index < -0.39 is 0 Å². The van der Waals surface area contributed by atoms with Crippen LogP contribution in [0, 0.1) is 0 Å². The van der Waals surface area contributed by atoms with Crippen molar-refractivity contribution in [3.8, 4) is 67.3 Å². The molecule has 286 valence electrons. The van der Waals surface area contributed by atoms with Gasteiger partial charge < -0.3 is 9.13 Å². The molecule has 3 aromatic heterocycles. The molecule has 12 rings (SSSR count). The second-order valence-corrected chi connectivity index (χ2v) is 16.7. The molecule has 0 radical (unpaired) electrons. The number of hydrogen-bond donors (Lipinski definition) is 0. The minimum Gasteiger partial charge on any atom is -0.309 e. The van der Waals surface area contributed by atoms with Crippen molar-refractivity contribution in [3.63, 3.8) is 0 Å². The number of thiophene rings is 1. The Bertz CT molecular complexity index is 3540. The molecule has 0 bridgehead atoms. The standard InChI is InChI=1S/C58H38N2S/c1-4-16-39(17-5-1)40-28-30-41(31-29-40)42-32-34-44(35-33-42)58-56(50-24-11-14-26-52(50)60(58)46-36-37-48-47-22-12-15-27-53(47)61-54(48)38-46)55-49-23-10-13-25-51(49)59(45-20-8-3-9-21-45)57(55)43-18-6-2-7-19-43/h1-38H.